The molecule has 1 aliphatic rings. The number of carboxylic acid groups (broad SMARTS) is 1. The monoisotopic (exact) mass is 352 g/mol. The fourth-order valence-corrected chi connectivity index (χ4v) is 3.15. The third-order valence-corrected chi connectivity index (χ3v) is 4.88. The zero-order valence-corrected chi connectivity index (χ0v) is 14.9. The van der Waals surface area contributed by atoms with Crippen molar-refractivity contribution in [1.29, 1.82) is 0 Å². The summed E-state index contributed by atoms with van der Waals surface area (Å²) in [5.41, 5.74) is 4.05. The molecule has 1 aliphatic heterocycles. The molecule has 2 aromatic rings. The number of rotatable bonds is 5. The average Bonchev–Trinajstić information content (AvgIpc) is 2.67. The van der Waals surface area contributed by atoms with Crippen LogP contribution < -0.4 is 5.32 Å². The number of carboxylic acids is 1. The van der Waals surface area contributed by atoms with Crippen LogP contribution in [0, 0.1) is 12.8 Å². The molecule has 0 saturated carbocycles. The van der Waals surface area contributed by atoms with Gasteiger partial charge in [0.15, 0.2) is 0 Å². The Kier molecular flexibility index (Phi) is 5.56. The Hall–Kier alpha value is -2.82. The van der Waals surface area contributed by atoms with Crippen molar-refractivity contribution >= 4 is 17.6 Å². The summed E-state index contributed by atoms with van der Waals surface area (Å²) in [5, 5.41) is 12.4. The van der Waals surface area contributed by atoms with E-state index in [1.165, 1.54) is 5.56 Å². The van der Waals surface area contributed by atoms with Crippen LogP contribution in [0.2, 0.25) is 0 Å². The molecule has 0 spiro atoms. The van der Waals surface area contributed by atoms with Crippen LogP contribution in [0.25, 0.3) is 0 Å². The van der Waals surface area contributed by atoms with Crippen molar-refractivity contribution in [2.75, 3.05) is 18.4 Å². The number of benzene rings is 2. The van der Waals surface area contributed by atoms with Crippen LogP contribution in [-0.2, 0) is 11.3 Å². The van der Waals surface area contributed by atoms with Gasteiger partial charge in [-0.25, -0.2) is 0 Å². The second-order valence-electron chi connectivity index (χ2n) is 6.82. The Balaban J connectivity index is 1.54. The molecule has 0 radical (unpaired) electrons. The highest BCUT2D eigenvalue weighted by Crippen LogP contribution is 2.19. The van der Waals surface area contributed by atoms with Gasteiger partial charge in [0.1, 0.15) is 0 Å². The lowest BCUT2D eigenvalue weighted by Gasteiger charge is -2.30. The summed E-state index contributed by atoms with van der Waals surface area (Å²) in [5.74, 6) is -1.11. The molecule has 1 heterocycles. The maximum atomic E-state index is 12.6. The predicted molar refractivity (Wildman–Crippen MR) is 101 cm³/mol. The standard InChI is InChI=1S/C21H24N2O3/c1-15-2-8-19(9-3-15)22-14-16-4-6-17(7-5-16)20(24)23-12-10-18(11-13-23)21(25)26/h2-9,18,22H,10-14H2,1H3,(H,25,26). The van der Waals surface area contributed by atoms with Crippen molar-refractivity contribution in [2.45, 2.75) is 26.3 Å². The zero-order valence-electron chi connectivity index (χ0n) is 14.9. The first kappa shape index (κ1) is 18.0. The van der Waals surface area contributed by atoms with Gasteiger partial charge in [0.25, 0.3) is 5.91 Å². The topological polar surface area (TPSA) is 69.6 Å². The van der Waals surface area contributed by atoms with Crippen LogP contribution in [-0.4, -0.2) is 35.0 Å². The second kappa shape index (κ2) is 8.04. The van der Waals surface area contributed by atoms with Crippen LogP contribution in [0.4, 0.5) is 5.69 Å². The quantitative estimate of drug-likeness (QED) is 0.863. The third-order valence-electron chi connectivity index (χ3n) is 4.88. The molecule has 1 amide bonds. The summed E-state index contributed by atoms with van der Waals surface area (Å²) >= 11 is 0. The first-order valence-corrected chi connectivity index (χ1v) is 8.94. The smallest absolute Gasteiger partial charge is 0.306 e. The zero-order chi connectivity index (χ0) is 18.5. The van der Waals surface area contributed by atoms with Gasteiger partial charge < -0.3 is 15.3 Å². The summed E-state index contributed by atoms with van der Waals surface area (Å²) in [7, 11) is 0. The fraction of sp³-hybridized carbons (Fsp3) is 0.333. The van der Waals surface area contributed by atoms with E-state index in [-0.39, 0.29) is 11.8 Å². The lowest BCUT2D eigenvalue weighted by Crippen LogP contribution is -2.40. The molecule has 1 saturated heterocycles. The van der Waals surface area contributed by atoms with Crippen LogP contribution in [0.3, 0.4) is 0 Å². The van der Waals surface area contributed by atoms with Crippen molar-refractivity contribution in [1.82, 2.24) is 4.90 Å². The molecule has 26 heavy (non-hydrogen) atoms. The minimum atomic E-state index is -0.762. The normalized spacial score (nSPS) is 14.9. The minimum Gasteiger partial charge on any atom is -0.481 e. The number of nitrogens with one attached hydrogen (secondary N) is 1. The lowest BCUT2D eigenvalue weighted by molar-refractivity contribution is -0.143. The highest BCUT2D eigenvalue weighted by molar-refractivity contribution is 5.94. The molecule has 5 heteroatoms. The van der Waals surface area contributed by atoms with Gasteiger partial charge in [-0.3, -0.25) is 9.59 Å². The average molecular weight is 352 g/mol. The van der Waals surface area contributed by atoms with E-state index in [9.17, 15) is 9.59 Å². The van der Waals surface area contributed by atoms with Crippen LogP contribution in [0.1, 0.15) is 34.3 Å². The van der Waals surface area contributed by atoms with E-state index in [0.717, 1.165) is 11.3 Å². The number of carbonyl (C=O) groups excluding carboxylic acids is 1. The molecular formula is C21H24N2O3. The summed E-state index contributed by atoms with van der Waals surface area (Å²) in [4.78, 5) is 25.3. The van der Waals surface area contributed by atoms with Crippen molar-refractivity contribution in [3.8, 4) is 0 Å². The summed E-state index contributed by atoms with van der Waals surface area (Å²) in [6.45, 7) is 3.77. The largest absolute Gasteiger partial charge is 0.481 e. The van der Waals surface area contributed by atoms with Gasteiger partial charge >= 0.3 is 5.97 Å². The first-order chi connectivity index (χ1) is 12.5. The number of anilines is 1. The number of hydrogen-bond donors (Lipinski definition) is 2. The van der Waals surface area contributed by atoms with E-state index >= 15 is 0 Å². The summed E-state index contributed by atoms with van der Waals surface area (Å²) in [6, 6.07) is 15.8. The number of aryl methyl sites for hydroxylation is 1. The predicted octanol–water partition coefficient (Wildman–Crippen LogP) is 3.54. The number of amides is 1. The molecule has 2 aromatic carbocycles. The van der Waals surface area contributed by atoms with Gasteiger partial charge in [-0.15, -0.1) is 0 Å². The molecule has 0 aromatic heterocycles. The van der Waals surface area contributed by atoms with Gasteiger partial charge in [0.2, 0.25) is 0 Å². The Morgan fingerprint density at radius 3 is 2.23 bits per heavy atom. The molecule has 0 aliphatic carbocycles. The van der Waals surface area contributed by atoms with E-state index in [2.05, 4.69) is 24.4 Å². The third kappa shape index (κ3) is 4.42. The van der Waals surface area contributed by atoms with Crippen LogP contribution in [0.5, 0.6) is 0 Å². The molecule has 0 bridgehead atoms. The Labute approximate surface area is 153 Å². The molecule has 2 N–H and O–H groups in total. The number of aliphatic carboxylic acids is 1. The summed E-state index contributed by atoms with van der Waals surface area (Å²) < 4.78 is 0. The van der Waals surface area contributed by atoms with Crippen LogP contribution in [0.15, 0.2) is 48.5 Å². The molecule has 3 rings (SSSR count). The Morgan fingerprint density at radius 1 is 1.04 bits per heavy atom. The van der Waals surface area contributed by atoms with E-state index in [1.807, 2.05) is 36.4 Å². The number of hydrogen-bond acceptors (Lipinski definition) is 3. The highest BCUT2D eigenvalue weighted by atomic mass is 16.4. The Morgan fingerprint density at radius 2 is 1.65 bits per heavy atom. The summed E-state index contributed by atoms with van der Waals surface area (Å²) in [6.07, 6.45) is 1.05. The van der Waals surface area contributed by atoms with Gasteiger partial charge in [0, 0.05) is 30.9 Å². The molecular weight excluding hydrogens is 328 g/mol. The van der Waals surface area contributed by atoms with Crippen molar-refractivity contribution in [3.63, 3.8) is 0 Å². The van der Waals surface area contributed by atoms with Crippen molar-refractivity contribution in [2.24, 2.45) is 5.92 Å². The van der Waals surface area contributed by atoms with Crippen molar-refractivity contribution < 1.29 is 14.7 Å². The van der Waals surface area contributed by atoms with Crippen LogP contribution >= 0.6 is 0 Å². The molecule has 5 nitrogen and oxygen atoms in total. The van der Waals surface area contributed by atoms with E-state index in [4.69, 9.17) is 5.11 Å². The van der Waals surface area contributed by atoms with Gasteiger partial charge in [-0.05, 0) is 49.6 Å². The fourth-order valence-electron chi connectivity index (χ4n) is 3.15. The minimum absolute atomic E-state index is 0.0214. The Bertz CT molecular complexity index is 761. The van der Waals surface area contributed by atoms with Gasteiger partial charge in [-0.2, -0.15) is 0 Å². The molecule has 136 valence electrons. The van der Waals surface area contributed by atoms with Gasteiger partial charge in [-0.1, -0.05) is 29.8 Å². The second-order valence-corrected chi connectivity index (χ2v) is 6.82. The molecule has 1 fully saturated rings. The number of likely N-dealkylation sites (tertiary alicyclic amines) is 1. The number of nitrogens with zero attached hydrogens (tertiary/aromatic N) is 1. The maximum absolute atomic E-state index is 12.6. The van der Waals surface area contributed by atoms with E-state index in [0.29, 0.717) is 38.0 Å². The molecule has 0 atom stereocenters. The van der Waals surface area contributed by atoms with Crippen molar-refractivity contribution in [3.05, 3.63) is 65.2 Å². The molecule has 0 unspecified atom stereocenters. The number of piperidine rings is 1. The van der Waals surface area contributed by atoms with E-state index in [1.54, 1.807) is 4.90 Å². The highest BCUT2D eigenvalue weighted by Gasteiger charge is 2.27. The van der Waals surface area contributed by atoms with E-state index < -0.39 is 5.97 Å². The van der Waals surface area contributed by atoms with Gasteiger partial charge in [0.05, 0.1) is 5.92 Å². The maximum Gasteiger partial charge on any atom is 0.306 e. The SMILES string of the molecule is Cc1ccc(NCc2ccc(C(=O)N3CCC(C(=O)O)CC3)cc2)cc1. The number of carbonyl (C=O) groups is 2. The first-order valence-electron chi connectivity index (χ1n) is 8.94. The lowest BCUT2D eigenvalue weighted by atomic mass is 9.96.